The van der Waals surface area contributed by atoms with Gasteiger partial charge in [-0.05, 0) is 6.92 Å². The smallest absolute Gasteiger partial charge is 0.137 e. The molecular formula is C5H11N4+. The summed E-state index contributed by atoms with van der Waals surface area (Å²) in [6.07, 6.45) is 3.23. The second-order valence-corrected chi connectivity index (χ2v) is 2.22. The van der Waals surface area contributed by atoms with Crippen LogP contribution in [0.2, 0.25) is 0 Å². The molecule has 0 aliphatic carbocycles. The van der Waals surface area contributed by atoms with Gasteiger partial charge in [-0.1, -0.05) is 0 Å². The second-order valence-electron chi connectivity index (χ2n) is 2.22. The number of nitrogens with zero attached hydrogens (tertiary/aromatic N) is 3. The third kappa shape index (κ3) is 1.81. The summed E-state index contributed by atoms with van der Waals surface area (Å²) in [5, 5.41) is 3.92. The minimum Gasteiger partial charge on any atom is -0.354 e. The molecule has 0 aliphatic rings. The SMILES string of the molecule is C[C@@H]([NH3+])Cn1cncn1. The quantitative estimate of drug-likeness (QED) is 0.548. The fourth-order valence-electron chi connectivity index (χ4n) is 0.646. The van der Waals surface area contributed by atoms with Gasteiger partial charge in [0.05, 0.1) is 6.54 Å². The topological polar surface area (TPSA) is 58.4 Å². The van der Waals surface area contributed by atoms with Crippen molar-refractivity contribution in [1.82, 2.24) is 14.8 Å². The van der Waals surface area contributed by atoms with E-state index in [-0.39, 0.29) is 0 Å². The molecule has 1 heterocycles. The van der Waals surface area contributed by atoms with Crippen LogP contribution >= 0.6 is 0 Å². The Kier molecular flexibility index (Phi) is 1.79. The molecule has 0 radical (unpaired) electrons. The number of hydrogen-bond donors (Lipinski definition) is 1. The van der Waals surface area contributed by atoms with Crippen molar-refractivity contribution in [1.29, 1.82) is 0 Å². The van der Waals surface area contributed by atoms with E-state index in [1.165, 1.54) is 6.33 Å². The van der Waals surface area contributed by atoms with Crippen molar-refractivity contribution in [3.05, 3.63) is 12.7 Å². The molecule has 50 valence electrons. The summed E-state index contributed by atoms with van der Waals surface area (Å²) < 4.78 is 1.78. The summed E-state index contributed by atoms with van der Waals surface area (Å²) in [5.74, 6) is 0. The van der Waals surface area contributed by atoms with Crippen LogP contribution in [-0.2, 0) is 6.54 Å². The zero-order chi connectivity index (χ0) is 6.69. The molecule has 1 aromatic rings. The van der Waals surface area contributed by atoms with Gasteiger partial charge in [0.1, 0.15) is 18.7 Å². The van der Waals surface area contributed by atoms with Crippen LogP contribution in [0.4, 0.5) is 0 Å². The van der Waals surface area contributed by atoms with E-state index in [0.717, 1.165) is 6.54 Å². The molecule has 4 nitrogen and oxygen atoms in total. The van der Waals surface area contributed by atoms with Crippen molar-refractivity contribution in [2.75, 3.05) is 0 Å². The zero-order valence-electron chi connectivity index (χ0n) is 5.49. The van der Waals surface area contributed by atoms with Gasteiger partial charge in [-0.2, -0.15) is 5.10 Å². The van der Waals surface area contributed by atoms with Crippen molar-refractivity contribution in [2.45, 2.75) is 19.5 Å². The highest BCUT2D eigenvalue weighted by Crippen LogP contribution is 1.80. The first-order valence-electron chi connectivity index (χ1n) is 2.94. The van der Waals surface area contributed by atoms with Gasteiger partial charge in [-0.15, -0.1) is 0 Å². The summed E-state index contributed by atoms with van der Waals surface area (Å²) in [6.45, 7) is 2.89. The Labute approximate surface area is 53.7 Å². The molecule has 0 spiro atoms. The molecule has 9 heavy (non-hydrogen) atoms. The largest absolute Gasteiger partial charge is 0.354 e. The van der Waals surface area contributed by atoms with Gasteiger partial charge >= 0.3 is 0 Å². The predicted octanol–water partition coefficient (Wildman–Crippen LogP) is -1.09. The first-order valence-corrected chi connectivity index (χ1v) is 2.94. The minimum atomic E-state index is 0.395. The minimum absolute atomic E-state index is 0.395. The highest BCUT2D eigenvalue weighted by atomic mass is 15.3. The lowest BCUT2D eigenvalue weighted by Crippen LogP contribution is -2.60. The molecule has 0 aliphatic heterocycles. The third-order valence-electron chi connectivity index (χ3n) is 0.965. The van der Waals surface area contributed by atoms with Crippen LogP contribution in [0.15, 0.2) is 12.7 Å². The molecule has 0 aromatic carbocycles. The molecule has 0 saturated carbocycles. The summed E-state index contributed by atoms with van der Waals surface area (Å²) in [7, 11) is 0. The van der Waals surface area contributed by atoms with Crippen molar-refractivity contribution >= 4 is 0 Å². The summed E-state index contributed by atoms with van der Waals surface area (Å²) in [6, 6.07) is 0.395. The van der Waals surface area contributed by atoms with Gasteiger partial charge in [-0.25, -0.2) is 9.67 Å². The van der Waals surface area contributed by atoms with Crippen molar-refractivity contribution in [3.63, 3.8) is 0 Å². The van der Waals surface area contributed by atoms with Crippen LogP contribution in [0.3, 0.4) is 0 Å². The molecule has 1 rings (SSSR count). The fraction of sp³-hybridized carbons (Fsp3) is 0.600. The van der Waals surface area contributed by atoms with Crippen LogP contribution in [-0.4, -0.2) is 20.8 Å². The first-order chi connectivity index (χ1) is 4.29. The van der Waals surface area contributed by atoms with Crippen LogP contribution in [0.5, 0.6) is 0 Å². The molecule has 0 saturated heterocycles. The second kappa shape index (κ2) is 2.59. The Morgan fingerprint density at radius 1 is 1.78 bits per heavy atom. The lowest BCUT2D eigenvalue weighted by molar-refractivity contribution is -0.417. The Bertz CT molecular complexity index is 155. The lowest BCUT2D eigenvalue weighted by atomic mass is 10.4. The van der Waals surface area contributed by atoms with Gasteiger partial charge in [-0.3, -0.25) is 0 Å². The van der Waals surface area contributed by atoms with Crippen molar-refractivity contribution in [3.8, 4) is 0 Å². The maximum absolute atomic E-state index is 3.92. The molecule has 0 amide bonds. The van der Waals surface area contributed by atoms with Crippen LogP contribution in [0.1, 0.15) is 6.92 Å². The summed E-state index contributed by atoms with van der Waals surface area (Å²) in [5.41, 5.74) is 3.82. The van der Waals surface area contributed by atoms with E-state index in [9.17, 15) is 0 Å². The highest BCUT2D eigenvalue weighted by molar-refractivity contribution is 4.56. The molecule has 0 bridgehead atoms. The number of quaternary nitrogens is 1. The van der Waals surface area contributed by atoms with E-state index in [1.54, 1.807) is 11.0 Å². The maximum Gasteiger partial charge on any atom is 0.137 e. The Hall–Kier alpha value is -0.900. The van der Waals surface area contributed by atoms with E-state index in [0.29, 0.717) is 6.04 Å². The Morgan fingerprint density at radius 3 is 3.00 bits per heavy atom. The van der Waals surface area contributed by atoms with Gasteiger partial charge in [0.2, 0.25) is 0 Å². The predicted molar refractivity (Wildman–Crippen MR) is 32.4 cm³/mol. The molecule has 0 fully saturated rings. The molecule has 0 unspecified atom stereocenters. The van der Waals surface area contributed by atoms with E-state index in [1.807, 2.05) is 6.92 Å². The fourth-order valence-corrected chi connectivity index (χ4v) is 0.646. The van der Waals surface area contributed by atoms with E-state index < -0.39 is 0 Å². The zero-order valence-corrected chi connectivity index (χ0v) is 5.49. The van der Waals surface area contributed by atoms with Crippen molar-refractivity contribution in [2.24, 2.45) is 0 Å². The molecule has 3 N–H and O–H groups in total. The number of rotatable bonds is 2. The summed E-state index contributed by atoms with van der Waals surface area (Å²) in [4.78, 5) is 3.80. The Morgan fingerprint density at radius 2 is 2.56 bits per heavy atom. The monoisotopic (exact) mass is 127 g/mol. The lowest BCUT2D eigenvalue weighted by Gasteiger charge is -1.98. The molecular weight excluding hydrogens is 116 g/mol. The third-order valence-corrected chi connectivity index (χ3v) is 0.965. The number of aromatic nitrogens is 3. The molecule has 4 heteroatoms. The molecule has 1 aromatic heterocycles. The first kappa shape index (κ1) is 6.22. The average molecular weight is 127 g/mol. The molecule has 1 atom stereocenters. The summed E-state index contributed by atoms with van der Waals surface area (Å²) >= 11 is 0. The maximum atomic E-state index is 3.92. The van der Waals surface area contributed by atoms with E-state index in [2.05, 4.69) is 15.8 Å². The van der Waals surface area contributed by atoms with Crippen molar-refractivity contribution < 1.29 is 5.73 Å². The normalized spacial score (nSPS) is 13.6. The van der Waals surface area contributed by atoms with E-state index in [4.69, 9.17) is 0 Å². The average Bonchev–Trinajstić information content (AvgIpc) is 2.15. The van der Waals surface area contributed by atoms with Crippen LogP contribution in [0.25, 0.3) is 0 Å². The van der Waals surface area contributed by atoms with Crippen LogP contribution in [0, 0.1) is 0 Å². The highest BCUT2D eigenvalue weighted by Gasteiger charge is 1.97. The Balaban J connectivity index is 2.48. The van der Waals surface area contributed by atoms with E-state index >= 15 is 0 Å². The van der Waals surface area contributed by atoms with Gasteiger partial charge in [0.25, 0.3) is 0 Å². The van der Waals surface area contributed by atoms with Gasteiger partial charge in [0.15, 0.2) is 0 Å². The standard InChI is InChI=1S/C5H10N4/c1-5(6)2-9-4-7-3-8-9/h3-5H,2,6H2,1H3/p+1/t5-/m1/s1. The number of hydrogen-bond acceptors (Lipinski definition) is 2. The van der Waals surface area contributed by atoms with Gasteiger partial charge < -0.3 is 5.73 Å². The van der Waals surface area contributed by atoms with Gasteiger partial charge in [0, 0.05) is 0 Å². The van der Waals surface area contributed by atoms with Crippen LogP contribution < -0.4 is 5.73 Å².